The van der Waals surface area contributed by atoms with Gasteiger partial charge in [0.25, 0.3) is 0 Å². The second kappa shape index (κ2) is 23.0. The standard InChI is InChI=1S/C70H68F6O8/c1-7-8-9-11-41-14-16-44(17-15-41)46-12-10-13-47(36-46)66(78)82-53-28-22-43(23-29-53)42-18-20-45(21-19-42)65(77)83-60-39-55-56(40-59(60)81-6)64-54(63-61(55)57-37-50(69(71,72)73)38-58(70(74,75)76)62(57)67(63,2)3)34-35-68(84-64,48-24-30-51(79-4)31-25-48)49-26-32-52(80-5)33-27-49/h18-35,37-41,44,46-47H,7-17,36H2,1-6H3. The van der Waals surface area contributed by atoms with Crippen molar-refractivity contribution < 1.29 is 64.4 Å². The molecule has 0 spiro atoms. The van der Waals surface area contributed by atoms with Crippen molar-refractivity contribution >= 4 is 28.8 Å². The fourth-order valence-electron chi connectivity index (χ4n) is 13.9. The molecule has 2 fully saturated rings. The second-order valence-corrected chi connectivity index (χ2v) is 23.5. The van der Waals surface area contributed by atoms with Crippen molar-refractivity contribution in [2.75, 3.05) is 21.3 Å². The zero-order chi connectivity index (χ0) is 59.3. The number of rotatable bonds is 15. The van der Waals surface area contributed by atoms with Crippen molar-refractivity contribution in [3.63, 3.8) is 0 Å². The van der Waals surface area contributed by atoms with E-state index in [9.17, 15) is 22.8 Å². The number of unbranched alkanes of at least 4 members (excludes halogenated alkanes) is 2. The van der Waals surface area contributed by atoms with Crippen molar-refractivity contribution in [3.8, 4) is 56.8 Å². The maximum absolute atomic E-state index is 15.3. The second-order valence-electron chi connectivity index (χ2n) is 23.5. The highest BCUT2D eigenvalue weighted by Crippen LogP contribution is 2.62. The maximum Gasteiger partial charge on any atom is 0.416 e. The lowest BCUT2D eigenvalue weighted by Gasteiger charge is -2.38. The zero-order valence-electron chi connectivity index (χ0n) is 48.0. The summed E-state index contributed by atoms with van der Waals surface area (Å²) < 4.78 is 126. The summed E-state index contributed by atoms with van der Waals surface area (Å²) in [6.07, 6.45) is 7.50. The molecule has 2 unspecified atom stereocenters. The molecule has 4 aliphatic rings. The number of carbonyl (C=O) groups is 2. The van der Waals surface area contributed by atoms with Crippen LogP contribution in [-0.4, -0.2) is 33.3 Å². The summed E-state index contributed by atoms with van der Waals surface area (Å²) in [5.74, 6) is 2.66. The van der Waals surface area contributed by atoms with Crippen molar-refractivity contribution in [3.05, 3.63) is 172 Å². The molecule has 11 rings (SSSR count). The largest absolute Gasteiger partial charge is 0.497 e. The fraction of sp³-hybridized carbons (Fsp3) is 0.371. The molecule has 438 valence electrons. The van der Waals surface area contributed by atoms with E-state index in [1.807, 2.05) is 36.4 Å². The molecule has 3 aliphatic carbocycles. The van der Waals surface area contributed by atoms with E-state index in [2.05, 4.69) is 6.92 Å². The summed E-state index contributed by atoms with van der Waals surface area (Å²) in [4.78, 5) is 27.8. The number of benzene rings is 7. The Morgan fingerprint density at radius 3 is 1.81 bits per heavy atom. The van der Waals surface area contributed by atoms with Crippen LogP contribution in [0, 0.1) is 23.7 Å². The van der Waals surface area contributed by atoms with Crippen LogP contribution in [0.15, 0.2) is 127 Å². The summed E-state index contributed by atoms with van der Waals surface area (Å²) in [7, 11) is 4.43. The fourth-order valence-corrected chi connectivity index (χ4v) is 13.9. The molecule has 7 aromatic carbocycles. The number of esters is 2. The highest BCUT2D eigenvalue weighted by Gasteiger charge is 2.50. The minimum absolute atomic E-state index is 0.0317. The van der Waals surface area contributed by atoms with Crippen molar-refractivity contribution in [1.29, 1.82) is 0 Å². The molecule has 2 atom stereocenters. The molecular formula is C70H68F6O8. The van der Waals surface area contributed by atoms with Gasteiger partial charge in [-0.15, -0.1) is 0 Å². The third kappa shape index (κ3) is 11.0. The van der Waals surface area contributed by atoms with Gasteiger partial charge < -0.3 is 28.4 Å². The van der Waals surface area contributed by atoms with Gasteiger partial charge in [-0.2, -0.15) is 26.3 Å². The van der Waals surface area contributed by atoms with Gasteiger partial charge in [0.1, 0.15) is 23.0 Å². The third-order valence-corrected chi connectivity index (χ3v) is 18.2. The third-order valence-electron chi connectivity index (χ3n) is 18.2. The molecular weight excluding hydrogens is 1080 g/mol. The van der Waals surface area contributed by atoms with Crippen molar-refractivity contribution in [2.24, 2.45) is 23.7 Å². The minimum Gasteiger partial charge on any atom is -0.497 e. The van der Waals surface area contributed by atoms with Crippen LogP contribution in [0.3, 0.4) is 0 Å². The predicted molar refractivity (Wildman–Crippen MR) is 312 cm³/mol. The first-order valence-electron chi connectivity index (χ1n) is 29.1. The Morgan fingerprint density at radius 1 is 0.619 bits per heavy atom. The average molecular weight is 1150 g/mol. The van der Waals surface area contributed by atoms with Crippen LogP contribution in [-0.2, 0) is 28.2 Å². The first-order chi connectivity index (χ1) is 40.2. The smallest absolute Gasteiger partial charge is 0.416 e. The Balaban J connectivity index is 0.905. The summed E-state index contributed by atoms with van der Waals surface area (Å²) in [5.41, 5.74) is -2.79. The number of fused-ring (bicyclic) bond motifs is 8. The predicted octanol–water partition coefficient (Wildman–Crippen LogP) is 18.5. The number of alkyl halides is 6. The lowest BCUT2D eigenvalue weighted by Crippen LogP contribution is -2.35. The molecule has 0 N–H and O–H groups in total. The minimum atomic E-state index is -5.19. The van der Waals surface area contributed by atoms with Gasteiger partial charge in [0, 0.05) is 27.5 Å². The summed E-state index contributed by atoms with van der Waals surface area (Å²) in [6.45, 7) is 5.36. The van der Waals surface area contributed by atoms with E-state index in [0.29, 0.717) is 45.8 Å². The number of hydrogen-bond donors (Lipinski definition) is 0. The van der Waals surface area contributed by atoms with Crippen LogP contribution in [0.5, 0.6) is 34.5 Å². The molecule has 0 radical (unpaired) electrons. The monoisotopic (exact) mass is 1150 g/mol. The topological polar surface area (TPSA) is 89.5 Å². The number of ether oxygens (including phenoxy) is 6. The van der Waals surface area contributed by atoms with Crippen LogP contribution in [0.1, 0.15) is 147 Å². The molecule has 84 heavy (non-hydrogen) atoms. The van der Waals surface area contributed by atoms with E-state index in [1.54, 1.807) is 86.7 Å². The van der Waals surface area contributed by atoms with E-state index in [1.165, 1.54) is 91.2 Å². The first kappa shape index (κ1) is 58.1. The van der Waals surface area contributed by atoms with E-state index >= 15 is 13.2 Å². The maximum atomic E-state index is 15.3. The molecule has 0 aromatic heterocycles. The lowest BCUT2D eigenvalue weighted by atomic mass is 9.68. The van der Waals surface area contributed by atoms with Gasteiger partial charge >= 0.3 is 24.3 Å². The van der Waals surface area contributed by atoms with Crippen LogP contribution in [0.2, 0.25) is 0 Å². The number of carbonyl (C=O) groups excluding carboxylic acids is 2. The molecule has 8 nitrogen and oxygen atoms in total. The Morgan fingerprint density at radius 2 is 1.23 bits per heavy atom. The van der Waals surface area contributed by atoms with Gasteiger partial charge in [-0.05, 0) is 161 Å². The highest BCUT2D eigenvalue weighted by atomic mass is 19.4. The van der Waals surface area contributed by atoms with Gasteiger partial charge in [-0.25, -0.2) is 4.79 Å². The Labute approximate surface area is 486 Å². The van der Waals surface area contributed by atoms with Crippen molar-refractivity contribution in [1.82, 2.24) is 0 Å². The van der Waals surface area contributed by atoms with Gasteiger partial charge in [-0.3, -0.25) is 4.79 Å². The van der Waals surface area contributed by atoms with E-state index < -0.39 is 40.5 Å². The van der Waals surface area contributed by atoms with Crippen LogP contribution >= 0.6 is 0 Å². The molecule has 0 bridgehead atoms. The van der Waals surface area contributed by atoms with Crippen LogP contribution in [0.4, 0.5) is 26.3 Å². The summed E-state index contributed by atoms with van der Waals surface area (Å²) in [6, 6.07) is 32.2. The Bertz CT molecular complexity index is 3560. The van der Waals surface area contributed by atoms with E-state index in [4.69, 9.17) is 28.4 Å². The molecule has 0 saturated heterocycles. The normalized spacial score (nSPS) is 19.6. The Kier molecular flexibility index (Phi) is 15.9. The SMILES string of the molecule is CCCCCC1CCC(C2CCCC(C(=O)Oc3ccc(-c4ccc(C(=O)Oc5cc6c7c(c8c(c6cc5OC)OC(c5ccc(OC)cc5)(c5ccc(OC)cc5)C=C8)C(C)(C)c5c-7cc(C(F)(F)F)cc5C(F)(F)F)cc4)cc3)C2)CC1. The lowest BCUT2D eigenvalue weighted by molar-refractivity contribution is -0.144. The molecule has 2 saturated carbocycles. The average Bonchev–Trinajstić information content (AvgIpc) is 1.80. The first-order valence-corrected chi connectivity index (χ1v) is 29.1. The van der Waals surface area contributed by atoms with Gasteiger partial charge in [0.15, 0.2) is 17.1 Å². The molecule has 14 heteroatoms. The van der Waals surface area contributed by atoms with Crippen molar-refractivity contribution in [2.45, 2.75) is 121 Å². The highest BCUT2D eigenvalue weighted by molar-refractivity contribution is 6.10. The van der Waals surface area contributed by atoms with Crippen LogP contribution < -0.4 is 28.4 Å². The molecule has 0 amide bonds. The Hall–Kier alpha value is -7.74. The summed E-state index contributed by atoms with van der Waals surface area (Å²) >= 11 is 0. The van der Waals surface area contributed by atoms with E-state index in [-0.39, 0.29) is 73.8 Å². The van der Waals surface area contributed by atoms with Crippen LogP contribution in [0.25, 0.3) is 39.1 Å². The van der Waals surface area contributed by atoms with Gasteiger partial charge in [0.05, 0.1) is 43.9 Å². The number of halogens is 6. The molecule has 7 aromatic rings. The number of methoxy groups -OCH3 is 3. The van der Waals surface area contributed by atoms with Gasteiger partial charge in [-0.1, -0.05) is 127 Å². The summed E-state index contributed by atoms with van der Waals surface area (Å²) in [5, 5.41) is 0.414. The molecule has 1 aliphatic heterocycles. The number of hydrogen-bond acceptors (Lipinski definition) is 8. The van der Waals surface area contributed by atoms with E-state index in [0.717, 1.165) is 42.4 Å². The quantitative estimate of drug-likeness (QED) is 0.0434. The molecule has 1 heterocycles. The van der Waals surface area contributed by atoms with Gasteiger partial charge in [0.2, 0.25) is 0 Å². The zero-order valence-corrected chi connectivity index (χ0v) is 48.0.